The van der Waals surface area contributed by atoms with E-state index in [0.717, 1.165) is 62.4 Å². The number of benzene rings is 5. The van der Waals surface area contributed by atoms with Gasteiger partial charge in [-0.25, -0.2) is 0 Å². The molecular weight excluding hydrogens is 1080 g/mol. The molecular formula is C60H56B2Cl4F4N4O4. The summed E-state index contributed by atoms with van der Waals surface area (Å²) < 4.78 is 101. The van der Waals surface area contributed by atoms with Gasteiger partial charge < -0.3 is 54.1 Å². The van der Waals surface area contributed by atoms with E-state index in [2.05, 4.69) is 24.3 Å². The summed E-state index contributed by atoms with van der Waals surface area (Å²) in [4.78, 5) is 0. The van der Waals surface area contributed by atoms with Crippen molar-refractivity contribution in [3.05, 3.63) is 213 Å². The first-order valence-corrected chi connectivity index (χ1v) is 27.1. The highest BCUT2D eigenvalue weighted by atomic mass is 35.5. The zero-order valence-electron chi connectivity index (χ0n) is 44.7. The second-order valence-electron chi connectivity index (χ2n) is 19.2. The van der Waals surface area contributed by atoms with Crippen LogP contribution in [0.1, 0.15) is 67.3 Å². The van der Waals surface area contributed by atoms with Crippen LogP contribution >= 0.6 is 46.4 Å². The Morgan fingerprint density at radius 3 is 0.897 bits per heavy atom. The number of fused-ring (bicyclic) bond motifs is 4. The van der Waals surface area contributed by atoms with Gasteiger partial charge in [-0.2, -0.15) is 0 Å². The fourth-order valence-corrected chi connectivity index (χ4v) is 12.0. The van der Waals surface area contributed by atoms with Crippen molar-refractivity contribution in [3.63, 3.8) is 0 Å². The lowest BCUT2D eigenvalue weighted by Crippen LogP contribution is -2.50. The smallest absolute Gasteiger partial charge is 0.496 e. The zero-order valence-corrected chi connectivity index (χ0v) is 47.7. The largest absolute Gasteiger partial charge is 0.535 e. The van der Waals surface area contributed by atoms with Gasteiger partial charge in [-0.05, 0) is 138 Å². The van der Waals surface area contributed by atoms with Crippen molar-refractivity contribution in [3.8, 4) is 68.0 Å². The Hall–Kier alpha value is -6.83. The SMILES string of the molecule is COc1ccccc1-c1ccc2n1[B-](F)(F)n1c(-c3cc(OC)c(-c4ccc5n4[B-](F)(F)n4c(-c6ccccc6OC)ccc4[C+]5c4c(C)cc(C)cc4C)cc3OC)ccc1[C+]2c1c(C)cc(C)cc1C.ClCCl.ClCCl. The molecule has 0 atom stereocenters. The van der Waals surface area contributed by atoms with E-state index >= 15 is 17.3 Å². The molecule has 2 aliphatic rings. The fourth-order valence-electron chi connectivity index (χ4n) is 12.0. The van der Waals surface area contributed by atoms with Gasteiger partial charge in [-0.3, -0.25) is 0 Å². The molecule has 402 valence electrons. The van der Waals surface area contributed by atoms with Crippen molar-refractivity contribution in [2.45, 2.75) is 41.5 Å². The second-order valence-corrected chi connectivity index (χ2v) is 20.8. The number of halogens is 8. The molecule has 2 aliphatic heterocycles. The monoisotopic (exact) mass is 1130 g/mol. The number of hydrogen-bond acceptors (Lipinski definition) is 4. The molecule has 11 rings (SSSR count). The third-order valence-electron chi connectivity index (χ3n) is 14.6. The van der Waals surface area contributed by atoms with Crippen LogP contribution in [0.25, 0.3) is 45.0 Å². The molecule has 9 aromatic rings. The molecule has 0 aliphatic carbocycles. The number of nitrogens with zero attached hydrogens (tertiary/aromatic N) is 4. The molecule has 0 fully saturated rings. The van der Waals surface area contributed by atoms with Gasteiger partial charge in [0.1, 0.15) is 34.8 Å². The van der Waals surface area contributed by atoms with Crippen molar-refractivity contribution >= 4 is 60.3 Å². The van der Waals surface area contributed by atoms with Gasteiger partial charge in [0.15, 0.2) is 0 Å². The molecule has 0 spiro atoms. The van der Waals surface area contributed by atoms with Crippen LogP contribution in [-0.2, 0) is 0 Å². The van der Waals surface area contributed by atoms with E-state index < -0.39 is 13.9 Å². The minimum atomic E-state index is -4.64. The maximum atomic E-state index is 18.3. The number of aryl methyl sites for hydroxylation is 6. The van der Waals surface area contributed by atoms with E-state index in [4.69, 9.17) is 65.4 Å². The van der Waals surface area contributed by atoms with Gasteiger partial charge in [0.25, 0.3) is 0 Å². The highest BCUT2D eigenvalue weighted by Gasteiger charge is 2.50. The Kier molecular flexibility index (Phi) is 15.9. The molecule has 0 unspecified atom stereocenters. The average molecular weight is 1140 g/mol. The van der Waals surface area contributed by atoms with Gasteiger partial charge in [-0.1, -0.05) is 24.3 Å². The van der Waals surface area contributed by atoms with Crippen molar-refractivity contribution < 1.29 is 36.2 Å². The van der Waals surface area contributed by atoms with Gasteiger partial charge in [0.2, 0.25) is 0 Å². The number of methoxy groups -OCH3 is 4. The lowest BCUT2D eigenvalue weighted by molar-refractivity contribution is 0.405. The first-order valence-electron chi connectivity index (χ1n) is 25.0. The Morgan fingerprint density at radius 1 is 0.372 bits per heavy atom. The highest BCUT2D eigenvalue weighted by molar-refractivity contribution is 6.65. The number of aromatic nitrogens is 4. The summed E-state index contributed by atoms with van der Waals surface area (Å²) in [5.41, 5.74) is 11.3. The van der Waals surface area contributed by atoms with E-state index in [9.17, 15) is 0 Å². The van der Waals surface area contributed by atoms with Gasteiger partial charge >= 0.3 is 13.9 Å². The Labute approximate surface area is 473 Å². The molecule has 0 radical (unpaired) electrons. The van der Waals surface area contributed by atoms with Crippen LogP contribution in [0.4, 0.5) is 17.3 Å². The van der Waals surface area contributed by atoms with E-state index in [1.165, 1.54) is 28.4 Å². The summed E-state index contributed by atoms with van der Waals surface area (Å²) in [5, 5.41) is 0.389. The summed E-state index contributed by atoms with van der Waals surface area (Å²) in [6, 6.07) is 39.5. The lowest BCUT2D eigenvalue weighted by Gasteiger charge is -2.41. The molecule has 5 aromatic carbocycles. The third kappa shape index (κ3) is 9.18. The number of ether oxygens (including phenoxy) is 4. The van der Waals surface area contributed by atoms with E-state index in [1.54, 1.807) is 109 Å². The van der Waals surface area contributed by atoms with Crippen molar-refractivity contribution in [1.29, 1.82) is 0 Å². The molecule has 78 heavy (non-hydrogen) atoms. The van der Waals surface area contributed by atoms with Crippen LogP contribution < -0.4 is 18.9 Å². The predicted molar refractivity (Wildman–Crippen MR) is 312 cm³/mol. The number of rotatable bonds is 10. The summed E-state index contributed by atoms with van der Waals surface area (Å²) >= 11 is 19.1. The average Bonchev–Trinajstić information content (AvgIpc) is 4.44. The Bertz CT molecular complexity index is 3440. The van der Waals surface area contributed by atoms with Crippen molar-refractivity contribution in [2.75, 3.05) is 39.1 Å². The fraction of sp³-hybridized carbons (Fsp3) is 0.200. The second kappa shape index (κ2) is 22.1. The van der Waals surface area contributed by atoms with Gasteiger partial charge in [0.05, 0.1) is 73.0 Å². The highest BCUT2D eigenvalue weighted by Crippen LogP contribution is 2.52. The molecule has 0 saturated heterocycles. The first-order chi connectivity index (χ1) is 37.4. The number of alkyl halides is 4. The van der Waals surface area contributed by atoms with Crippen molar-refractivity contribution in [1.82, 2.24) is 17.9 Å². The summed E-state index contributed by atoms with van der Waals surface area (Å²) in [7, 11) is 5.95. The van der Waals surface area contributed by atoms with E-state index in [0.29, 0.717) is 57.2 Å². The number of para-hydroxylation sites is 2. The summed E-state index contributed by atoms with van der Waals surface area (Å²) in [5.74, 6) is 2.54. The Morgan fingerprint density at radius 2 is 0.628 bits per heavy atom. The van der Waals surface area contributed by atoms with E-state index in [-0.39, 0.29) is 56.1 Å². The topological polar surface area (TPSA) is 56.6 Å². The van der Waals surface area contributed by atoms with Crippen LogP contribution in [0, 0.1) is 53.4 Å². The quantitative estimate of drug-likeness (QED) is 0.0593. The lowest BCUT2D eigenvalue weighted by atomic mass is 9.78. The molecule has 6 heterocycles. The maximum Gasteiger partial charge on any atom is 0.535 e. The zero-order chi connectivity index (χ0) is 56.1. The Balaban J connectivity index is 0.00000118. The standard InChI is InChI=1S/C58H52B2F4N4O4.2CH2Cl2/c1-33-27-35(3)55(36(4)28-33)57-47-23-19-43(39-15-11-13-17-51(39)69-7)65(47)59(61,62)67-45(21-25-49(57)67)41-31-54(72-10)42(32-53(41)71-9)46-22-26-50-58(56-37(5)29-34(2)30-38(56)6)48-24-20-44(66(48)60(63,64)68(46)50)40-16-12-14-18-52(40)70-8;2*2-1-3/h11-32H,1-10H3;2*1H2. The molecule has 0 amide bonds. The van der Waals surface area contributed by atoms with Gasteiger partial charge in [0, 0.05) is 91.5 Å². The molecule has 18 heteroatoms. The van der Waals surface area contributed by atoms with Crippen LogP contribution in [0.2, 0.25) is 0 Å². The molecule has 8 nitrogen and oxygen atoms in total. The predicted octanol–water partition coefficient (Wildman–Crippen LogP) is 16.5. The summed E-state index contributed by atoms with van der Waals surface area (Å²) in [6.45, 7) is 2.77. The van der Waals surface area contributed by atoms with E-state index in [1.807, 2.05) is 41.5 Å². The molecule has 0 N–H and O–H groups in total. The van der Waals surface area contributed by atoms with Crippen LogP contribution in [0.5, 0.6) is 23.0 Å². The minimum absolute atomic E-state index is 0.146. The van der Waals surface area contributed by atoms with Crippen LogP contribution in [0.15, 0.2) is 133 Å². The third-order valence-corrected chi connectivity index (χ3v) is 14.6. The van der Waals surface area contributed by atoms with Gasteiger partial charge in [-0.15, -0.1) is 46.4 Å². The normalized spacial score (nSPS) is 13.5. The number of hydrogen-bond donors (Lipinski definition) is 0. The first kappa shape index (κ1) is 55.9. The maximum absolute atomic E-state index is 18.3. The van der Waals surface area contributed by atoms with Crippen LogP contribution in [-0.4, -0.2) is 71.0 Å². The van der Waals surface area contributed by atoms with Crippen LogP contribution in [0.3, 0.4) is 0 Å². The minimum Gasteiger partial charge on any atom is -0.496 e. The van der Waals surface area contributed by atoms with Crippen molar-refractivity contribution in [2.24, 2.45) is 0 Å². The summed E-state index contributed by atoms with van der Waals surface area (Å²) in [6.07, 6.45) is 0. The molecule has 0 bridgehead atoms. The molecule has 0 saturated carbocycles. The molecule has 4 aromatic heterocycles.